The number of halogens is 1. The van der Waals surface area contributed by atoms with Gasteiger partial charge < -0.3 is 10.4 Å². The smallest absolute Gasteiger partial charge is 0.164 e. The topological polar surface area (TPSA) is 75.9 Å². The molecule has 104 valence electrons. The van der Waals surface area contributed by atoms with Crippen molar-refractivity contribution in [3.05, 3.63) is 10.9 Å². The molecule has 2 heterocycles. The lowest BCUT2D eigenvalue weighted by molar-refractivity contribution is 0.241. The molecule has 7 heteroatoms. The van der Waals surface area contributed by atoms with E-state index in [9.17, 15) is 5.11 Å². The van der Waals surface area contributed by atoms with Gasteiger partial charge in [0.15, 0.2) is 5.65 Å². The molecule has 2 N–H and O–H groups in total. The van der Waals surface area contributed by atoms with Crippen LogP contribution in [0.25, 0.3) is 11.0 Å². The Morgan fingerprint density at radius 2 is 2.21 bits per heavy atom. The third kappa shape index (κ3) is 2.71. The Hall–Kier alpha value is -1.21. The molecule has 2 aromatic rings. The highest BCUT2D eigenvalue weighted by Crippen LogP contribution is 2.28. The Morgan fingerprint density at radius 3 is 2.84 bits per heavy atom. The molecule has 2 aromatic heterocycles. The summed E-state index contributed by atoms with van der Waals surface area (Å²) in [5.41, 5.74) is 0.755. The minimum absolute atomic E-state index is 0.0322. The van der Waals surface area contributed by atoms with Gasteiger partial charge in [-0.3, -0.25) is 0 Å². The molecule has 0 fully saturated rings. The summed E-state index contributed by atoms with van der Waals surface area (Å²) in [7, 11) is 1.84. The van der Waals surface area contributed by atoms with Crippen LogP contribution in [0.15, 0.2) is 10.9 Å². The van der Waals surface area contributed by atoms with Gasteiger partial charge in [0.2, 0.25) is 0 Å². The van der Waals surface area contributed by atoms with Crippen molar-refractivity contribution >= 4 is 32.8 Å². The molecule has 0 aliphatic rings. The average molecular weight is 328 g/mol. The van der Waals surface area contributed by atoms with E-state index >= 15 is 0 Å². The molecule has 6 nitrogen and oxygen atoms in total. The lowest BCUT2D eigenvalue weighted by Crippen LogP contribution is -2.31. The third-order valence-electron chi connectivity index (χ3n) is 3.43. The van der Waals surface area contributed by atoms with Crippen molar-refractivity contribution in [2.45, 2.75) is 26.3 Å². The maximum absolute atomic E-state index is 9.50. The lowest BCUT2D eigenvalue weighted by Gasteiger charge is -2.22. The number of aliphatic hydroxyl groups excluding tert-OH is 1. The monoisotopic (exact) mass is 327 g/mol. The zero-order valence-corrected chi connectivity index (χ0v) is 12.8. The summed E-state index contributed by atoms with van der Waals surface area (Å²) in [5, 5.41) is 17.9. The fourth-order valence-corrected chi connectivity index (χ4v) is 2.58. The van der Waals surface area contributed by atoms with Crippen LogP contribution >= 0.6 is 15.9 Å². The summed E-state index contributed by atoms with van der Waals surface area (Å²) in [6, 6.07) is -0.0322. The second-order valence-electron chi connectivity index (χ2n) is 4.65. The number of aromatic nitrogens is 4. The van der Waals surface area contributed by atoms with Gasteiger partial charge >= 0.3 is 0 Å². The van der Waals surface area contributed by atoms with Crippen molar-refractivity contribution in [3.8, 4) is 0 Å². The normalized spacial score (nSPS) is 14.6. The first kappa shape index (κ1) is 14.2. The molecule has 0 bridgehead atoms. The maximum atomic E-state index is 9.50. The van der Waals surface area contributed by atoms with Crippen molar-refractivity contribution in [1.82, 2.24) is 19.7 Å². The molecule has 0 aromatic carbocycles. The van der Waals surface area contributed by atoms with E-state index in [4.69, 9.17) is 0 Å². The van der Waals surface area contributed by atoms with E-state index < -0.39 is 0 Å². The van der Waals surface area contributed by atoms with Gasteiger partial charge in [-0.15, -0.1) is 0 Å². The lowest BCUT2D eigenvalue weighted by atomic mass is 10.00. The van der Waals surface area contributed by atoms with E-state index in [1.807, 2.05) is 7.05 Å². The van der Waals surface area contributed by atoms with Gasteiger partial charge in [-0.05, 0) is 21.8 Å². The van der Waals surface area contributed by atoms with Crippen LogP contribution in [0.5, 0.6) is 0 Å². The largest absolute Gasteiger partial charge is 0.394 e. The molecule has 0 aliphatic heterocycles. The molecule has 0 radical (unpaired) electrons. The zero-order chi connectivity index (χ0) is 14.0. The second kappa shape index (κ2) is 5.83. The van der Waals surface area contributed by atoms with Crippen LogP contribution in [0.4, 0.5) is 5.82 Å². The molecule has 0 unspecified atom stereocenters. The van der Waals surface area contributed by atoms with Crippen LogP contribution in [-0.2, 0) is 7.05 Å². The molecule has 0 spiro atoms. The fraction of sp³-hybridized carbons (Fsp3) is 0.583. The minimum Gasteiger partial charge on any atom is -0.394 e. The predicted molar refractivity (Wildman–Crippen MR) is 78.0 cm³/mol. The molecular weight excluding hydrogens is 310 g/mol. The van der Waals surface area contributed by atoms with E-state index in [2.05, 4.69) is 50.2 Å². The van der Waals surface area contributed by atoms with Crippen LogP contribution in [0.1, 0.15) is 20.3 Å². The highest BCUT2D eigenvalue weighted by molar-refractivity contribution is 9.10. The number of anilines is 1. The molecule has 0 saturated carbocycles. The number of hydrogen-bond donors (Lipinski definition) is 2. The highest BCUT2D eigenvalue weighted by atomic mass is 79.9. The quantitative estimate of drug-likeness (QED) is 0.877. The van der Waals surface area contributed by atoms with Gasteiger partial charge in [0.05, 0.1) is 18.0 Å². The summed E-state index contributed by atoms with van der Waals surface area (Å²) >= 11 is 3.42. The van der Waals surface area contributed by atoms with Crippen LogP contribution in [0.3, 0.4) is 0 Å². The second-order valence-corrected chi connectivity index (χ2v) is 5.41. The number of nitrogens with one attached hydrogen (secondary N) is 1. The first-order valence-electron chi connectivity index (χ1n) is 6.29. The Balaban J connectivity index is 2.40. The van der Waals surface area contributed by atoms with Crippen molar-refractivity contribution < 1.29 is 5.11 Å². The summed E-state index contributed by atoms with van der Waals surface area (Å²) in [4.78, 5) is 8.49. The van der Waals surface area contributed by atoms with Crippen molar-refractivity contribution in [2.75, 3.05) is 11.9 Å². The van der Waals surface area contributed by atoms with Crippen LogP contribution in [-0.4, -0.2) is 37.5 Å². The van der Waals surface area contributed by atoms with E-state index in [0.29, 0.717) is 16.3 Å². The van der Waals surface area contributed by atoms with Gasteiger partial charge in [-0.25, -0.2) is 14.6 Å². The maximum Gasteiger partial charge on any atom is 0.164 e. The van der Waals surface area contributed by atoms with E-state index in [1.54, 1.807) is 4.68 Å². The highest BCUT2D eigenvalue weighted by Gasteiger charge is 2.19. The first-order valence-corrected chi connectivity index (χ1v) is 7.08. The molecule has 2 atom stereocenters. The third-order valence-corrected chi connectivity index (χ3v) is 3.98. The van der Waals surface area contributed by atoms with Crippen molar-refractivity contribution in [2.24, 2.45) is 13.0 Å². The molecule has 2 rings (SSSR count). The number of rotatable bonds is 5. The van der Waals surface area contributed by atoms with Gasteiger partial charge in [-0.1, -0.05) is 20.3 Å². The summed E-state index contributed by atoms with van der Waals surface area (Å²) < 4.78 is 2.40. The fourth-order valence-electron chi connectivity index (χ4n) is 1.98. The van der Waals surface area contributed by atoms with Crippen molar-refractivity contribution in [3.63, 3.8) is 0 Å². The van der Waals surface area contributed by atoms with E-state index in [-0.39, 0.29) is 12.6 Å². The minimum atomic E-state index is -0.0322. The zero-order valence-electron chi connectivity index (χ0n) is 11.3. The van der Waals surface area contributed by atoms with E-state index in [0.717, 1.165) is 17.5 Å². The molecule has 0 amide bonds. The first-order chi connectivity index (χ1) is 9.08. The standard InChI is InChI=1S/C12H18BrN5O/c1-4-7(2)8(5-19)16-11-9-10(13)17-18(3)12(9)15-6-14-11/h6-8,19H,4-5H2,1-3H3,(H,14,15,16)/t7-,8-/m0/s1. The number of fused-ring (bicyclic) bond motifs is 1. The Morgan fingerprint density at radius 1 is 1.47 bits per heavy atom. The van der Waals surface area contributed by atoms with Crippen molar-refractivity contribution in [1.29, 1.82) is 0 Å². The van der Waals surface area contributed by atoms with Gasteiger partial charge in [0.1, 0.15) is 16.7 Å². The molecule has 0 aliphatic carbocycles. The Bertz CT molecular complexity index is 570. The number of aryl methyl sites for hydroxylation is 1. The number of hydrogen-bond acceptors (Lipinski definition) is 5. The van der Waals surface area contributed by atoms with E-state index in [1.165, 1.54) is 6.33 Å². The van der Waals surface area contributed by atoms with Gasteiger partial charge in [-0.2, -0.15) is 5.10 Å². The molecular formula is C12H18BrN5O. The van der Waals surface area contributed by atoms with Gasteiger partial charge in [0, 0.05) is 7.05 Å². The Labute approximate surface area is 120 Å². The van der Waals surface area contributed by atoms with Gasteiger partial charge in [0.25, 0.3) is 0 Å². The summed E-state index contributed by atoms with van der Waals surface area (Å²) in [6.07, 6.45) is 2.49. The summed E-state index contributed by atoms with van der Waals surface area (Å²) in [5.74, 6) is 1.05. The summed E-state index contributed by atoms with van der Waals surface area (Å²) in [6.45, 7) is 4.27. The van der Waals surface area contributed by atoms with Crippen LogP contribution < -0.4 is 5.32 Å². The molecule has 19 heavy (non-hydrogen) atoms. The average Bonchev–Trinajstić information content (AvgIpc) is 2.71. The Kier molecular flexibility index (Phi) is 4.36. The predicted octanol–water partition coefficient (Wildman–Crippen LogP) is 1.94. The number of nitrogens with zero attached hydrogens (tertiary/aromatic N) is 4. The van der Waals surface area contributed by atoms with Crippen LogP contribution in [0.2, 0.25) is 0 Å². The SMILES string of the molecule is CC[C@H](C)[C@H](CO)Nc1ncnc2c1c(Br)nn2C. The molecule has 0 saturated heterocycles. The number of aliphatic hydroxyl groups is 1. The van der Waals surface area contributed by atoms with Crippen LogP contribution in [0, 0.1) is 5.92 Å².